The molecule has 0 unspecified atom stereocenters. The second-order valence-electron chi connectivity index (χ2n) is 5.22. The van der Waals surface area contributed by atoms with E-state index in [9.17, 15) is 4.79 Å². The van der Waals surface area contributed by atoms with Crippen molar-refractivity contribution in [2.45, 2.75) is 25.9 Å². The van der Waals surface area contributed by atoms with Crippen LogP contribution in [0.3, 0.4) is 0 Å². The molecular formula is C17H19NO3. The van der Waals surface area contributed by atoms with E-state index in [0.717, 1.165) is 17.0 Å². The number of benzene rings is 1. The van der Waals surface area contributed by atoms with Gasteiger partial charge in [-0.15, -0.1) is 0 Å². The first-order chi connectivity index (χ1) is 10.0. The number of hydrogen-bond acceptors (Lipinski definition) is 4. The molecular weight excluding hydrogens is 266 g/mol. The SMILES string of the molecule is COC(=O)Cc1ccc(OC(C)(C)c2ccccn2)cc1. The molecule has 1 aromatic carbocycles. The van der Waals surface area contributed by atoms with Gasteiger partial charge in [-0.1, -0.05) is 18.2 Å². The van der Waals surface area contributed by atoms with E-state index in [-0.39, 0.29) is 12.4 Å². The van der Waals surface area contributed by atoms with Gasteiger partial charge in [-0.05, 0) is 43.7 Å². The van der Waals surface area contributed by atoms with E-state index >= 15 is 0 Å². The third-order valence-corrected chi connectivity index (χ3v) is 3.15. The summed E-state index contributed by atoms with van der Waals surface area (Å²) >= 11 is 0. The number of rotatable bonds is 5. The largest absolute Gasteiger partial charge is 0.482 e. The first-order valence-corrected chi connectivity index (χ1v) is 6.77. The number of methoxy groups -OCH3 is 1. The van der Waals surface area contributed by atoms with Gasteiger partial charge in [-0.3, -0.25) is 9.78 Å². The Morgan fingerprint density at radius 3 is 2.43 bits per heavy atom. The summed E-state index contributed by atoms with van der Waals surface area (Å²) in [5.41, 5.74) is 1.24. The fourth-order valence-electron chi connectivity index (χ4n) is 1.98. The monoisotopic (exact) mass is 285 g/mol. The highest BCUT2D eigenvalue weighted by atomic mass is 16.5. The summed E-state index contributed by atoms with van der Waals surface area (Å²) in [4.78, 5) is 15.5. The highest BCUT2D eigenvalue weighted by Crippen LogP contribution is 2.26. The van der Waals surface area contributed by atoms with Crippen LogP contribution >= 0.6 is 0 Å². The van der Waals surface area contributed by atoms with Gasteiger partial charge in [0.25, 0.3) is 0 Å². The van der Waals surface area contributed by atoms with Crippen molar-refractivity contribution in [2.24, 2.45) is 0 Å². The van der Waals surface area contributed by atoms with E-state index < -0.39 is 5.60 Å². The van der Waals surface area contributed by atoms with E-state index in [4.69, 9.17) is 4.74 Å². The molecule has 0 aliphatic heterocycles. The molecule has 0 radical (unpaired) electrons. The molecule has 1 heterocycles. The smallest absolute Gasteiger partial charge is 0.309 e. The maximum atomic E-state index is 11.2. The zero-order chi connectivity index (χ0) is 15.3. The van der Waals surface area contributed by atoms with Crippen LogP contribution in [-0.2, 0) is 21.6 Å². The number of carbonyl (C=O) groups is 1. The summed E-state index contributed by atoms with van der Waals surface area (Å²) in [6, 6.07) is 13.2. The normalized spacial score (nSPS) is 11.0. The molecule has 0 fully saturated rings. The van der Waals surface area contributed by atoms with Gasteiger partial charge in [0.1, 0.15) is 11.4 Å². The Morgan fingerprint density at radius 2 is 1.86 bits per heavy atom. The third kappa shape index (κ3) is 4.05. The molecule has 4 nitrogen and oxygen atoms in total. The van der Waals surface area contributed by atoms with Crippen LogP contribution < -0.4 is 4.74 Å². The molecule has 2 rings (SSSR count). The third-order valence-electron chi connectivity index (χ3n) is 3.15. The molecule has 0 N–H and O–H groups in total. The summed E-state index contributed by atoms with van der Waals surface area (Å²) in [5, 5.41) is 0. The Bertz CT molecular complexity index is 591. The molecule has 0 bridgehead atoms. The van der Waals surface area contributed by atoms with E-state index in [2.05, 4.69) is 9.72 Å². The van der Waals surface area contributed by atoms with Crippen molar-refractivity contribution >= 4 is 5.97 Å². The van der Waals surface area contributed by atoms with Crippen LogP contribution in [0, 0.1) is 0 Å². The van der Waals surface area contributed by atoms with Gasteiger partial charge < -0.3 is 9.47 Å². The van der Waals surface area contributed by atoms with E-state index in [0.29, 0.717) is 0 Å². The quantitative estimate of drug-likeness (QED) is 0.792. The Kier molecular flexibility index (Phi) is 4.58. The van der Waals surface area contributed by atoms with Crippen molar-refractivity contribution in [3.63, 3.8) is 0 Å². The molecule has 0 aliphatic rings. The Labute approximate surface area is 124 Å². The molecule has 4 heteroatoms. The molecule has 110 valence electrons. The zero-order valence-electron chi connectivity index (χ0n) is 12.5. The van der Waals surface area contributed by atoms with Gasteiger partial charge in [-0.25, -0.2) is 0 Å². The molecule has 21 heavy (non-hydrogen) atoms. The van der Waals surface area contributed by atoms with Crippen LogP contribution in [0.5, 0.6) is 5.75 Å². The number of esters is 1. The highest BCUT2D eigenvalue weighted by Gasteiger charge is 2.23. The maximum Gasteiger partial charge on any atom is 0.309 e. The molecule has 0 atom stereocenters. The molecule has 0 amide bonds. The average molecular weight is 285 g/mol. The van der Waals surface area contributed by atoms with Gasteiger partial charge in [-0.2, -0.15) is 0 Å². The lowest BCUT2D eigenvalue weighted by Crippen LogP contribution is -2.26. The van der Waals surface area contributed by atoms with Crippen LogP contribution in [0.4, 0.5) is 0 Å². The summed E-state index contributed by atoms with van der Waals surface area (Å²) < 4.78 is 10.6. The van der Waals surface area contributed by atoms with E-state index in [1.54, 1.807) is 6.20 Å². The van der Waals surface area contributed by atoms with Crippen molar-refractivity contribution in [2.75, 3.05) is 7.11 Å². The molecule has 0 saturated carbocycles. The summed E-state index contributed by atoms with van der Waals surface area (Å²) in [7, 11) is 1.38. The van der Waals surface area contributed by atoms with Crippen molar-refractivity contribution in [3.05, 3.63) is 59.9 Å². The topological polar surface area (TPSA) is 48.4 Å². The Morgan fingerprint density at radius 1 is 1.14 bits per heavy atom. The van der Waals surface area contributed by atoms with Crippen LogP contribution in [0.2, 0.25) is 0 Å². The van der Waals surface area contributed by atoms with Gasteiger partial charge in [0.05, 0.1) is 19.2 Å². The minimum atomic E-state index is -0.523. The minimum absolute atomic E-state index is 0.252. The summed E-state index contributed by atoms with van der Waals surface area (Å²) in [6.45, 7) is 3.94. The van der Waals surface area contributed by atoms with E-state index in [1.807, 2.05) is 56.3 Å². The maximum absolute atomic E-state index is 11.2. The fraction of sp³-hybridized carbons (Fsp3) is 0.294. The predicted molar refractivity (Wildman–Crippen MR) is 80.1 cm³/mol. The van der Waals surface area contributed by atoms with Crippen molar-refractivity contribution in [1.82, 2.24) is 4.98 Å². The highest BCUT2D eigenvalue weighted by molar-refractivity contribution is 5.72. The van der Waals surface area contributed by atoms with Gasteiger partial charge in [0.15, 0.2) is 0 Å². The van der Waals surface area contributed by atoms with Crippen LogP contribution in [0.1, 0.15) is 25.1 Å². The number of ether oxygens (including phenoxy) is 2. The van der Waals surface area contributed by atoms with Gasteiger partial charge >= 0.3 is 5.97 Å². The Hall–Kier alpha value is -2.36. The molecule has 2 aromatic rings. The van der Waals surface area contributed by atoms with Gasteiger partial charge in [0.2, 0.25) is 0 Å². The first kappa shape index (κ1) is 15.0. The van der Waals surface area contributed by atoms with Crippen LogP contribution in [0.15, 0.2) is 48.7 Å². The lowest BCUT2D eigenvalue weighted by Gasteiger charge is -2.26. The number of carbonyl (C=O) groups excluding carboxylic acids is 1. The number of pyridine rings is 1. The van der Waals surface area contributed by atoms with Crippen molar-refractivity contribution in [3.8, 4) is 5.75 Å². The lowest BCUT2D eigenvalue weighted by atomic mass is 10.0. The van der Waals surface area contributed by atoms with Crippen LogP contribution in [0.25, 0.3) is 0 Å². The van der Waals surface area contributed by atoms with Crippen molar-refractivity contribution in [1.29, 1.82) is 0 Å². The lowest BCUT2D eigenvalue weighted by molar-refractivity contribution is -0.139. The molecule has 0 aliphatic carbocycles. The summed E-state index contributed by atoms with van der Waals surface area (Å²) in [6.07, 6.45) is 2.01. The summed E-state index contributed by atoms with van der Waals surface area (Å²) in [5.74, 6) is 0.483. The van der Waals surface area contributed by atoms with Crippen LogP contribution in [-0.4, -0.2) is 18.1 Å². The number of hydrogen-bond donors (Lipinski definition) is 0. The first-order valence-electron chi connectivity index (χ1n) is 6.77. The second kappa shape index (κ2) is 6.39. The number of nitrogens with zero attached hydrogens (tertiary/aromatic N) is 1. The molecule has 0 saturated heterocycles. The molecule has 1 aromatic heterocycles. The second-order valence-corrected chi connectivity index (χ2v) is 5.22. The van der Waals surface area contributed by atoms with E-state index in [1.165, 1.54) is 7.11 Å². The minimum Gasteiger partial charge on any atom is -0.482 e. The standard InChI is InChI=1S/C17H19NO3/c1-17(2,15-6-4-5-11-18-15)21-14-9-7-13(8-10-14)12-16(19)20-3/h4-11H,12H2,1-3H3. The Balaban J connectivity index is 2.08. The predicted octanol–water partition coefficient (Wildman–Crippen LogP) is 3.11. The van der Waals surface area contributed by atoms with Gasteiger partial charge in [0, 0.05) is 6.20 Å². The molecule has 0 spiro atoms. The van der Waals surface area contributed by atoms with Crippen molar-refractivity contribution < 1.29 is 14.3 Å². The zero-order valence-corrected chi connectivity index (χ0v) is 12.5. The number of aromatic nitrogens is 1. The average Bonchev–Trinajstić information content (AvgIpc) is 2.50. The fourth-order valence-corrected chi connectivity index (χ4v) is 1.98.